The second-order valence-corrected chi connectivity index (χ2v) is 5.73. The lowest BCUT2D eigenvalue weighted by Crippen LogP contribution is -2.22. The Morgan fingerprint density at radius 1 is 1.60 bits per heavy atom. The Balaban J connectivity index is 3.02. The molecule has 0 fully saturated rings. The van der Waals surface area contributed by atoms with Crippen LogP contribution in [0.25, 0.3) is 0 Å². The van der Waals surface area contributed by atoms with E-state index in [1.54, 1.807) is 18.1 Å². The number of halogens is 1. The molecule has 1 rings (SSSR count). The highest BCUT2D eigenvalue weighted by molar-refractivity contribution is 8.13. The summed E-state index contributed by atoms with van der Waals surface area (Å²) in [7, 11) is 2.86. The first-order chi connectivity index (χ1) is 6.98. The van der Waals surface area contributed by atoms with Gasteiger partial charge in [-0.1, -0.05) is 12.2 Å². The van der Waals surface area contributed by atoms with Gasteiger partial charge < -0.3 is 4.74 Å². The molecule has 4 nitrogen and oxygen atoms in total. The van der Waals surface area contributed by atoms with E-state index in [1.807, 2.05) is 0 Å². The Hall–Kier alpha value is -0.870. The van der Waals surface area contributed by atoms with Crippen molar-refractivity contribution in [1.29, 1.82) is 0 Å². The van der Waals surface area contributed by atoms with Crippen LogP contribution in [0.4, 0.5) is 0 Å². The number of allylic oxidation sites excluding steroid dienone is 2. The minimum Gasteiger partial charge on any atom is -0.372 e. The summed E-state index contributed by atoms with van der Waals surface area (Å²) < 4.78 is 26.8. The van der Waals surface area contributed by atoms with E-state index >= 15 is 0 Å². The summed E-state index contributed by atoms with van der Waals surface area (Å²) in [6.45, 7) is 0. The number of carbonyl (C=O) groups excluding carboxylic acids is 1. The Morgan fingerprint density at radius 2 is 2.27 bits per heavy atom. The van der Waals surface area contributed by atoms with Gasteiger partial charge in [-0.25, -0.2) is 13.2 Å². The molecule has 0 bridgehead atoms. The molecule has 1 aliphatic carbocycles. The molecule has 1 aliphatic rings. The van der Waals surface area contributed by atoms with Gasteiger partial charge in [0.05, 0.1) is 11.3 Å². The molecule has 0 aromatic rings. The lowest BCUT2D eigenvalue weighted by atomic mass is 9.99. The van der Waals surface area contributed by atoms with Gasteiger partial charge in [0.15, 0.2) is 0 Å². The van der Waals surface area contributed by atoms with Gasteiger partial charge in [-0.2, -0.15) is 0 Å². The summed E-state index contributed by atoms with van der Waals surface area (Å²) in [4.78, 5) is 10.5. The van der Waals surface area contributed by atoms with Crippen LogP contribution in [0.15, 0.2) is 29.4 Å². The Labute approximate surface area is 92.3 Å². The minimum atomic E-state index is -3.65. The Kier molecular flexibility index (Phi) is 3.88. The molecule has 1 unspecified atom stereocenters. The van der Waals surface area contributed by atoms with Crippen LogP contribution in [0.3, 0.4) is 0 Å². The molecule has 1 atom stereocenters. The van der Waals surface area contributed by atoms with Crippen LogP contribution in [0.1, 0.15) is 0 Å². The molecular weight excluding hydrogens is 240 g/mol. The molecule has 0 radical (unpaired) electrons. The number of ether oxygens (including phenoxy) is 1. The van der Waals surface area contributed by atoms with Gasteiger partial charge in [-0.05, 0) is 11.6 Å². The van der Waals surface area contributed by atoms with Crippen LogP contribution in [-0.2, 0) is 18.6 Å². The highest BCUT2D eigenvalue weighted by Crippen LogP contribution is 2.22. The second-order valence-electron chi connectivity index (χ2n) is 2.96. The maximum Gasteiger partial charge on any atom is 0.236 e. The van der Waals surface area contributed by atoms with E-state index in [0.717, 1.165) is 0 Å². The highest BCUT2D eigenvalue weighted by atomic mass is 35.7. The van der Waals surface area contributed by atoms with Gasteiger partial charge in [0.25, 0.3) is 0 Å². The quantitative estimate of drug-likeness (QED) is 0.548. The SMILES string of the molecule is COC1C(=C=O)C=CC=C1CS(=O)(=O)Cl. The molecule has 6 heteroatoms. The maximum atomic E-state index is 10.9. The van der Waals surface area contributed by atoms with Crippen molar-refractivity contribution in [2.24, 2.45) is 0 Å². The van der Waals surface area contributed by atoms with Crippen LogP contribution in [-0.4, -0.2) is 33.3 Å². The zero-order valence-electron chi connectivity index (χ0n) is 7.94. The van der Waals surface area contributed by atoms with Crippen LogP contribution in [0.2, 0.25) is 0 Å². The monoisotopic (exact) mass is 248 g/mol. The van der Waals surface area contributed by atoms with Crippen molar-refractivity contribution < 1.29 is 17.9 Å². The average molecular weight is 249 g/mol. The van der Waals surface area contributed by atoms with Crippen molar-refractivity contribution in [2.45, 2.75) is 6.10 Å². The van der Waals surface area contributed by atoms with Gasteiger partial charge in [0.1, 0.15) is 12.0 Å². The minimum absolute atomic E-state index is 0.260. The summed E-state index contributed by atoms with van der Waals surface area (Å²) in [5, 5.41) is 0. The fourth-order valence-electron chi connectivity index (χ4n) is 1.34. The van der Waals surface area contributed by atoms with Crippen LogP contribution in [0, 0.1) is 0 Å². The third-order valence-corrected chi connectivity index (χ3v) is 2.90. The molecule has 0 aliphatic heterocycles. The predicted octanol–water partition coefficient (Wildman–Crippen LogP) is 0.824. The first kappa shape index (κ1) is 12.2. The maximum absolute atomic E-state index is 10.9. The lowest BCUT2D eigenvalue weighted by Gasteiger charge is -2.19. The van der Waals surface area contributed by atoms with Crippen molar-refractivity contribution in [3.8, 4) is 0 Å². The van der Waals surface area contributed by atoms with Crippen molar-refractivity contribution in [3.05, 3.63) is 29.4 Å². The number of hydrogen-bond donors (Lipinski definition) is 0. The van der Waals surface area contributed by atoms with Gasteiger partial charge in [0, 0.05) is 17.8 Å². The van der Waals surface area contributed by atoms with E-state index in [0.29, 0.717) is 5.57 Å². The average Bonchev–Trinajstić information content (AvgIpc) is 2.15. The van der Waals surface area contributed by atoms with Crippen LogP contribution < -0.4 is 0 Å². The van der Waals surface area contributed by atoms with Crippen molar-refractivity contribution in [3.63, 3.8) is 0 Å². The largest absolute Gasteiger partial charge is 0.372 e. The van der Waals surface area contributed by atoms with E-state index < -0.39 is 15.2 Å². The van der Waals surface area contributed by atoms with Gasteiger partial charge in [0.2, 0.25) is 9.05 Å². The van der Waals surface area contributed by atoms with Gasteiger partial charge in [-0.15, -0.1) is 0 Å². The Morgan fingerprint density at radius 3 is 2.73 bits per heavy atom. The van der Waals surface area contributed by atoms with E-state index in [-0.39, 0.29) is 11.3 Å². The summed E-state index contributed by atoms with van der Waals surface area (Å²) in [5.74, 6) is 1.35. The number of methoxy groups -OCH3 is 1. The molecule has 0 spiro atoms. The van der Waals surface area contributed by atoms with Crippen molar-refractivity contribution in [2.75, 3.05) is 12.9 Å². The molecule has 15 heavy (non-hydrogen) atoms. The Bertz CT molecular complexity index is 455. The normalized spacial score (nSPS) is 21.1. The zero-order valence-corrected chi connectivity index (χ0v) is 9.51. The van der Waals surface area contributed by atoms with Crippen LogP contribution in [0.5, 0.6) is 0 Å². The third-order valence-electron chi connectivity index (χ3n) is 1.90. The standard InChI is InChI=1S/C9H9ClO4S/c1-14-9-7(5-11)3-2-4-8(9)6-15(10,12)13/h2-4,9H,6H2,1H3. The van der Waals surface area contributed by atoms with E-state index in [4.69, 9.17) is 15.4 Å². The van der Waals surface area contributed by atoms with Gasteiger partial charge >= 0.3 is 0 Å². The third kappa shape index (κ3) is 3.32. The molecule has 0 saturated heterocycles. The number of hydrogen-bond acceptors (Lipinski definition) is 4. The van der Waals surface area contributed by atoms with E-state index in [9.17, 15) is 13.2 Å². The van der Waals surface area contributed by atoms with Crippen LogP contribution >= 0.6 is 10.7 Å². The summed E-state index contributed by atoms with van der Waals surface area (Å²) in [6.07, 6.45) is 3.97. The smallest absolute Gasteiger partial charge is 0.236 e. The van der Waals surface area contributed by atoms with Gasteiger partial charge in [-0.3, -0.25) is 0 Å². The summed E-state index contributed by atoms with van der Waals surface area (Å²) in [5.41, 5.74) is 0.684. The molecule has 0 saturated carbocycles. The van der Waals surface area contributed by atoms with E-state index in [1.165, 1.54) is 13.2 Å². The first-order valence-electron chi connectivity index (χ1n) is 4.05. The topological polar surface area (TPSA) is 60.4 Å². The second kappa shape index (κ2) is 4.77. The molecule has 82 valence electrons. The molecule has 0 aromatic carbocycles. The molecular formula is C9H9ClO4S. The van der Waals surface area contributed by atoms with Crippen molar-refractivity contribution >= 4 is 25.7 Å². The summed E-state index contributed by atoms with van der Waals surface area (Å²) >= 11 is 0. The molecule has 0 aromatic heterocycles. The van der Waals surface area contributed by atoms with Crippen molar-refractivity contribution in [1.82, 2.24) is 0 Å². The molecule has 0 heterocycles. The summed E-state index contributed by atoms with van der Waals surface area (Å²) in [6, 6.07) is 0. The number of rotatable bonds is 3. The molecule has 0 N–H and O–H groups in total. The fourth-order valence-corrected chi connectivity index (χ4v) is 2.36. The predicted molar refractivity (Wildman–Crippen MR) is 56.9 cm³/mol. The molecule has 0 amide bonds. The highest BCUT2D eigenvalue weighted by Gasteiger charge is 2.24. The fraction of sp³-hybridized carbons (Fsp3) is 0.333. The van der Waals surface area contributed by atoms with E-state index in [2.05, 4.69) is 0 Å². The lowest BCUT2D eigenvalue weighted by molar-refractivity contribution is 0.162. The first-order valence-corrected chi connectivity index (χ1v) is 6.53. The zero-order chi connectivity index (χ0) is 11.5.